The lowest BCUT2D eigenvalue weighted by atomic mass is 9.97. The molecule has 0 radical (unpaired) electrons. The van der Waals surface area contributed by atoms with E-state index in [0.717, 1.165) is 18.4 Å². The van der Waals surface area contributed by atoms with Crippen LogP contribution in [-0.4, -0.2) is 5.11 Å². The smallest absolute Gasteiger partial charge is 0.120 e. The Morgan fingerprint density at radius 2 is 2.14 bits per heavy atom. The highest BCUT2D eigenvalue weighted by Crippen LogP contribution is 2.47. The monoisotopic (exact) mass is 301 g/mol. The summed E-state index contributed by atoms with van der Waals surface area (Å²) in [6.07, 6.45) is 2.13. The average Bonchev–Trinajstić information content (AvgIpc) is 3.09. The zero-order valence-corrected chi connectivity index (χ0v) is 13.7. The molecule has 1 aliphatic carbocycles. The van der Waals surface area contributed by atoms with Gasteiger partial charge in [-0.2, -0.15) is 0 Å². The van der Waals surface area contributed by atoms with Crippen LogP contribution in [0.25, 0.3) is 0 Å². The van der Waals surface area contributed by atoms with Gasteiger partial charge in [0.25, 0.3) is 0 Å². The fourth-order valence-corrected chi connectivity index (χ4v) is 4.50. The molecule has 3 unspecified atom stereocenters. The molecule has 2 nitrogen and oxygen atoms in total. The molecule has 3 heteroatoms. The minimum atomic E-state index is 0.252. The number of phenols is 1. The molecule has 21 heavy (non-hydrogen) atoms. The highest BCUT2D eigenvalue weighted by Gasteiger charge is 2.33. The van der Waals surface area contributed by atoms with Crippen LogP contribution >= 0.6 is 11.3 Å². The van der Waals surface area contributed by atoms with E-state index in [4.69, 9.17) is 0 Å². The summed E-state index contributed by atoms with van der Waals surface area (Å²) >= 11 is 1.80. The lowest BCUT2D eigenvalue weighted by Crippen LogP contribution is -2.24. The van der Waals surface area contributed by atoms with Gasteiger partial charge in [-0.1, -0.05) is 26.0 Å². The van der Waals surface area contributed by atoms with E-state index in [9.17, 15) is 5.11 Å². The van der Waals surface area contributed by atoms with Gasteiger partial charge in [0.2, 0.25) is 0 Å². The molecule has 0 saturated carbocycles. The number of nitrogens with one attached hydrogen (secondary N) is 1. The number of rotatable bonds is 4. The van der Waals surface area contributed by atoms with Gasteiger partial charge in [-0.05, 0) is 54.3 Å². The lowest BCUT2D eigenvalue weighted by Gasteiger charge is -2.22. The van der Waals surface area contributed by atoms with Crippen LogP contribution in [0.5, 0.6) is 5.75 Å². The maximum absolute atomic E-state index is 10.3. The van der Waals surface area contributed by atoms with Gasteiger partial charge < -0.3 is 10.4 Å². The van der Waals surface area contributed by atoms with Crippen LogP contribution in [0.3, 0.4) is 0 Å². The van der Waals surface area contributed by atoms with E-state index in [1.54, 1.807) is 11.3 Å². The Morgan fingerprint density at radius 1 is 1.33 bits per heavy atom. The van der Waals surface area contributed by atoms with Gasteiger partial charge in [0.1, 0.15) is 5.75 Å². The third-order valence-corrected chi connectivity index (χ3v) is 5.60. The molecule has 1 aromatic heterocycles. The van der Waals surface area contributed by atoms with Crippen LogP contribution in [0, 0.1) is 6.92 Å². The summed E-state index contributed by atoms with van der Waals surface area (Å²) in [7, 11) is 0. The minimum absolute atomic E-state index is 0.252. The average molecular weight is 301 g/mol. The first-order valence-corrected chi connectivity index (χ1v) is 8.61. The van der Waals surface area contributed by atoms with Crippen molar-refractivity contribution in [2.24, 2.45) is 0 Å². The van der Waals surface area contributed by atoms with Crippen molar-refractivity contribution in [3.05, 3.63) is 51.2 Å². The normalized spacial score (nSPS) is 22.2. The SMILES string of the molecule is CCC(NC1CC(C)c2c(C)ccc(O)c21)c1cccs1. The Kier molecular flexibility index (Phi) is 4.05. The standard InChI is InChI=1S/C18H23NOS/c1-4-13(16-6-5-9-21-16)19-14-10-12(3)17-11(2)7-8-15(20)18(14)17/h5-9,12-14,19-20H,4,10H2,1-3H3. The summed E-state index contributed by atoms with van der Waals surface area (Å²) < 4.78 is 0. The number of phenolic OH excluding ortho intramolecular Hbond substituents is 1. The summed E-state index contributed by atoms with van der Waals surface area (Å²) in [5, 5.41) is 16.2. The summed E-state index contributed by atoms with van der Waals surface area (Å²) in [6, 6.07) is 8.80. The third-order valence-electron chi connectivity index (χ3n) is 4.61. The van der Waals surface area contributed by atoms with E-state index in [0.29, 0.717) is 17.7 Å². The van der Waals surface area contributed by atoms with E-state index in [2.05, 4.69) is 43.6 Å². The van der Waals surface area contributed by atoms with Gasteiger partial charge in [-0.25, -0.2) is 0 Å². The molecular formula is C18H23NOS. The van der Waals surface area contributed by atoms with Crippen LogP contribution in [-0.2, 0) is 0 Å². The van der Waals surface area contributed by atoms with Crippen molar-refractivity contribution < 1.29 is 5.11 Å². The van der Waals surface area contributed by atoms with E-state index < -0.39 is 0 Å². The minimum Gasteiger partial charge on any atom is -0.508 e. The second-order valence-corrected chi connectivity index (χ2v) is 7.04. The van der Waals surface area contributed by atoms with E-state index >= 15 is 0 Å². The Labute approximate surface area is 130 Å². The summed E-state index contributed by atoms with van der Waals surface area (Å²) in [5.41, 5.74) is 3.76. The maximum atomic E-state index is 10.3. The fraction of sp³-hybridized carbons (Fsp3) is 0.444. The van der Waals surface area contributed by atoms with Gasteiger partial charge in [0, 0.05) is 22.5 Å². The molecule has 1 aromatic carbocycles. The Hall–Kier alpha value is -1.32. The summed E-state index contributed by atoms with van der Waals surface area (Å²) in [4.78, 5) is 1.38. The van der Waals surface area contributed by atoms with Crippen molar-refractivity contribution >= 4 is 11.3 Å². The Morgan fingerprint density at radius 3 is 2.81 bits per heavy atom. The van der Waals surface area contributed by atoms with Crippen molar-refractivity contribution in [3.63, 3.8) is 0 Å². The van der Waals surface area contributed by atoms with Crippen molar-refractivity contribution in [2.45, 2.75) is 51.6 Å². The number of fused-ring (bicyclic) bond motifs is 1. The van der Waals surface area contributed by atoms with Crippen LogP contribution in [0.4, 0.5) is 0 Å². The molecule has 2 aromatic rings. The molecule has 112 valence electrons. The molecule has 0 aliphatic heterocycles. The Balaban J connectivity index is 1.91. The van der Waals surface area contributed by atoms with Crippen molar-refractivity contribution in [3.8, 4) is 5.75 Å². The third kappa shape index (κ3) is 2.60. The predicted molar refractivity (Wildman–Crippen MR) is 89.1 cm³/mol. The molecule has 1 heterocycles. The quantitative estimate of drug-likeness (QED) is 0.828. The fourth-order valence-electron chi connectivity index (χ4n) is 3.63. The highest BCUT2D eigenvalue weighted by atomic mass is 32.1. The molecule has 2 N–H and O–H groups in total. The molecule has 3 rings (SSSR count). The van der Waals surface area contributed by atoms with Gasteiger partial charge in [0.15, 0.2) is 0 Å². The van der Waals surface area contributed by atoms with Crippen molar-refractivity contribution in [2.75, 3.05) is 0 Å². The van der Waals surface area contributed by atoms with E-state index in [1.165, 1.54) is 16.0 Å². The molecule has 0 saturated heterocycles. The first-order valence-electron chi connectivity index (χ1n) is 7.73. The number of aryl methyl sites for hydroxylation is 1. The van der Waals surface area contributed by atoms with Gasteiger partial charge >= 0.3 is 0 Å². The van der Waals surface area contributed by atoms with Crippen molar-refractivity contribution in [1.29, 1.82) is 0 Å². The number of aromatic hydroxyl groups is 1. The topological polar surface area (TPSA) is 32.3 Å². The van der Waals surface area contributed by atoms with Crippen molar-refractivity contribution in [1.82, 2.24) is 5.32 Å². The van der Waals surface area contributed by atoms with Gasteiger partial charge in [0.05, 0.1) is 0 Å². The van der Waals surface area contributed by atoms with Crippen LogP contribution in [0.2, 0.25) is 0 Å². The zero-order chi connectivity index (χ0) is 15.0. The van der Waals surface area contributed by atoms with Crippen LogP contribution in [0.1, 0.15) is 66.3 Å². The number of hydrogen-bond donors (Lipinski definition) is 2. The first-order chi connectivity index (χ1) is 10.1. The molecular weight excluding hydrogens is 278 g/mol. The van der Waals surface area contributed by atoms with E-state index in [-0.39, 0.29) is 6.04 Å². The first kappa shape index (κ1) is 14.6. The summed E-state index contributed by atoms with van der Waals surface area (Å²) in [6.45, 7) is 6.62. The van der Waals surface area contributed by atoms with E-state index in [1.807, 2.05) is 12.1 Å². The Bertz CT molecular complexity index is 620. The molecule has 0 spiro atoms. The largest absolute Gasteiger partial charge is 0.508 e. The molecule has 3 atom stereocenters. The molecule has 0 bridgehead atoms. The second kappa shape index (κ2) is 5.82. The molecule has 0 amide bonds. The van der Waals surface area contributed by atoms with Gasteiger partial charge in [-0.15, -0.1) is 11.3 Å². The van der Waals surface area contributed by atoms with Crippen LogP contribution in [0.15, 0.2) is 29.6 Å². The predicted octanol–water partition coefficient (Wildman–Crippen LogP) is 5.05. The number of benzene rings is 1. The maximum Gasteiger partial charge on any atom is 0.120 e. The number of thiophene rings is 1. The van der Waals surface area contributed by atoms with Crippen LogP contribution < -0.4 is 5.32 Å². The lowest BCUT2D eigenvalue weighted by molar-refractivity contribution is 0.407. The highest BCUT2D eigenvalue weighted by molar-refractivity contribution is 7.10. The summed E-state index contributed by atoms with van der Waals surface area (Å²) in [5.74, 6) is 0.948. The zero-order valence-electron chi connectivity index (χ0n) is 12.9. The number of hydrogen-bond acceptors (Lipinski definition) is 3. The second-order valence-electron chi connectivity index (χ2n) is 6.06. The molecule has 1 aliphatic rings. The molecule has 0 fully saturated rings. The van der Waals surface area contributed by atoms with Gasteiger partial charge in [-0.3, -0.25) is 0 Å².